The van der Waals surface area contributed by atoms with Crippen LogP contribution in [0.15, 0.2) is 6.07 Å². The lowest BCUT2D eigenvalue weighted by Crippen LogP contribution is -2.25. The van der Waals surface area contributed by atoms with E-state index in [0.29, 0.717) is 12.5 Å². The number of hydrogen-bond donors (Lipinski definition) is 3. The molecule has 0 amide bonds. The Bertz CT molecular complexity index is 418. The van der Waals surface area contributed by atoms with E-state index < -0.39 is 0 Å². The quantitative estimate of drug-likeness (QED) is 0.727. The molecule has 0 fully saturated rings. The molecule has 0 spiro atoms. The molecule has 0 atom stereocenters. The lowest BCUT2D eigenvalue weighted by molar-refractivity contribution is 0.302. The number of H-pyrrole nitrogens is 1. The van der Waals surface area contributed by atoms with Crippen molar-refractivity contribution in [3.05, 3.63) is 6.07 Å². The number of aliphatic hydroxyl groups is 1. The molecule has 2 rings (SSSR count). The third-order valence-corrected chi connectivity index (χ3v) is 3.34. The van der Waals surface area contributed by atoms with Crippen molar-refractivity contribution in [1.29, 1.82) is 0 Å². The van der Waals surface area contributed by atoms with Crippen LogP contribution in [0.3, 0.4) is 0 Å². The van der Waals surface area contributed by atoms with Gasteiger partial charge in [-0.3, -0.25) is 0 Å². The summed E-state index contributed by atoms with van der Waals surface area (Å²) in [5.74, 6) is 0.452. The first-order valence-corrected chi connectivity index (χ1v) is 5.67. The maximum absolute atomic E-state index is 8.92. The van der Waals surface area contributed by atoms with Gasteiger partial charge in [-0.05, 0) is 13.0 Å². The van der Waals surface area contributed by atoms with Gasteiger partial charge >= 0.3 is 0 Å². The molecule has 0 saturated heterocycles. The molecule has 0 bridgehead atoms. The molecule has 0 aliphatic rings. The van der Waals surface area contributed by atoms with E-state index in [1.807, 2.05) is 6.07 Å². The van der Waals surface area contributed by atoms with Gasteiger partial charge < -0.3 is 20.7 Å². The van der Waals surface area contributed by atoms with Crippen molar-refractivity contribution in [3.63, 3.8) is 0 Å². The van der Waals surface area contributed by atoms with Crippen molar-refractivity contribution in [2.24, 2.45) is 0 Å². The van der Waals surface area contributed by atoms with E-state index in [-0.39, 0.29) is 6.61 Å². The van der Waals surface area contributed by atoms with Crippen molar-refractivity contribution < 1.29 is 5.11 Å². The molecule has 0 unspecified atom stereocenters. The van der Waals surface area contributed by atoms with Crippen molar-refractivity contribution in [2.45, 2.75) is 6.92 Å². The van der Waals surface area contributed by atoms with Crippen LogP contribution in [-0.4, -0.2) is 34.8 Å². The maximum Gasteiger partial charge on any atom is 0.199 e. The number of likely N-dealkylation sites (N-methyl/N-ethyl adjacent to an activating group) is 1. The number of aromatic amines is 1. The first kappa shape index (κ1) is 10.3. The first-order chi connectivity index (χ1) is 7.24. The Kier molecular flexibility index (Phi) is 2.79. The minimum Gasteiger partial charge on any atom is -0.395 e. The monoisotopic (exact) mass is 226 g/mol. The molecule has 6 heteroatoms. The van der Waals surface area contributed by atoms with Crippen molar-refractivity contribution in [1.82, 2.24) is 9.97 Å². The number of nitrogens with one attached hydrogen (secondary N) is 1. The highest BCUT2D eigenvalue weighted by atomic mass is 32.1. The molecule has 15 heavy (non-hydrogen) atoms. The fourth-order valence-electron chi connectivity index (χ4n) is 1.52. The topological polar surface area (TPSA) is 78.2 Å². The zero-order chi connectivity index (χ0) is 10.8. The van der Waals surface area contributed by atoms with Crippen LogP contribution in [-0.2, 0) is 0 Å². The molecule has 0 aliphatic carbocycles. The summed E-state index contributed by atoms with van der Waals surface area (Å²) >= 11 is 1.58. The van der Waals surface area contributed by atoms with Gasteiger partial charge in [0.25, 0.3) is 0 Å². The molecule has 2 heterocycles. The Morgan fingerprint density at radius 2 is 2.47 bits per heavy atom. The van der Waals surface area contributed by atoms with Gasteiger partial charge in [-0.25, -0.2) is 4.98 Å². The zero-order valence-corrected chi connectivity index (χ0v) is 9.34. The molecule has 0 aliphatic heterocycles. The third-order valence-electron chi connectivity index (χ3n) is 2.25. The second-order valence-corrected chi connectivity index (χ2v) is 4.24. The number of rotatable bonds is 4. The largest absolute Gasteiger partial charge is 0.395 e. The standard InChI is InChI=1S/C9H14N4OS/c1-2-13(3-4-14)7-5-6-8(15-7)12-9(10)11-6/h5,14H,2-4H2,1H3,(H3,10,11,12). The van der Waals surface area contributed by atoms with Gasteiger partial charge in [-0.15, -0.1) is 0 Å². The lowest BCUT2D eigenvalue weighted by atomic mass is 10.4. The van der Waals surface area contributed by atoms with Crippen LogP contribution in [0.4, 0.5) is 10.9 Å². The van der Waals surface area contributed by atoms with Gasteiger partial charge in [-0.1, -0.05) is 11.3 Å². The Morgan fingerprint density at radius 3 is 3.07 bits per heavy atom. The Balaban J connectivity index is 2.30. The van der Waals surface area contributed by atoms with E-state index in [1.165, 1.54) is 0 Å². The van der Waals surface area contributed by atoms with E-state index in [9.17, 15) is 0 Å². The highest BCUT2D eigenvalue weighted by molar-refractivity contribution is 7.22. The van der Waals surface area contributed by atoms with Gasteiger partial charge in [0.1, 0.15) is 4.83 Å². The first-order valence-electron chi connectivity index (χ1n) is 4.85. The number of nitrogens with two attached hydrogens (primary N) is 1. The van der Waals surface area contributed by atoms with Gasteiger partial charge in [0.15, 0.2) is 5.95 Å². The SMILES string of the molecule is CCN(CCO)c1cc2[nH]c(N)nc2s1. The van der Waals surface area contributed by atoms with Gasteiger partial charge in [-0.2, -0.15) is 0 Å². The molecule has 4 N–H and O–H groups in total. The number of anilines is 2. The molecule has 2 aromatic heterocycles. The normalized spacial score (nSPS) is 11.1. The summed E-state index contributed by atoms with van der Waals surface area (Å²) in [4.78, 5) is 10.2. The van der Waals surface area contributed by atoms with Gasteiger partial charge in [0, 0.05) is 13.1 Å². The fourth-order valence-corrected chi connectivity index (χ4v) is 2.61. The van der Waals surface area contributed by atoms with E-state index in [1.54, 1.807) is 11.3 Å². The highest BCUT2D eigenvalue weighted by Gasteiger charge is 2.10. The highest BCUT2D eigenvalue weighted by Crippen LogP contribution is 2.31. The van der Waals surface area contributed by atoms with Crippen molar-refractivity contribution in [2.75, 3.05) is 30.3 Å². The minimum atomic E-state index is 0.162. The number of nitrogens with zero attached hydrogens (tertiary/aromatic N) is 2. The van der Waals surface area contributed by atoms with Crippen LogP contribution in [0, 0.1) is 0 Å². The summed E-state index contributed by atoms with van der Waals surface area (Å²) < 4.78 is 0. The number of imidazole rings is 1. The minimum absolute atomic E-state index is 0.162. The summed E-state index contributed by atoms with van der Waals surface area (Å²) in [5.41, 5.74) is 6.50. The Labute approximate surface area is 91.5 Å². The Morgan fingerprint density at radius 1 is 1.67 bits per heavy atom. The number of fused-ring (bicyclic) bond motifs is 1. The second kappa shape index (κ2) is 4.08. The van der Waals surface area contributed by atoms with Crippen molar-refractivity contribution >= 4 is 32.6 Å². The second-order valence-electron chi connectivity index (χ2n) is 3.23. The predicted molar refractivity (Wildman–Crippen MR) is 63.4 cm³/mol. The van der Waals surface area contributed by atoms with Crippen LogP contribution >= 0.6 is 11.3 Å². The number of nitrogen functional groups attached to an aromatic ring is 1. The molecule has 0 aromatic carbocycles. The predicted octanol–water partition coefficient (Wildman–Crippen LogP) is 1.03. The lowest BCUT2D eigenvalue weighted by Gasteiger charge is -2.18. The number of aliphatic hydroxyl groups excluding tert-OH is 1. The van der Waals surface area contributed by atoms with Gasteiger partial charge in [0.2, 0.25) is 0 Å². The molecular formula is C9H14N4OS. The van der Waals surface area contributed by atoms with E-state index in [0.717, 1.165) is 21.9 Å². The average molecular weight is 226 g/mol. The summed E-state index contributed by atoms with van der Waals surface area (Å²) in [6.07, 6.45) is 0. The summed E-state index contributed by atoms with van der Waals surface area (Å²) in [6.45, 7) is 3.75. The van der Waals surface area contributed by atoms with E-state index in [4.69, 9.17) is 10.8 Å². The van der Waals surface area contributed by atoms with Crippen LogP contribution in [0.5, 0.6) is 0 Å². The van der Waals surface area contributed by atoms with Crippen molar-refractivity contribution in [3.8, 4) is 0 Å². The van der Waals surface area contributed by atoms with Crippen LogP contribution in [0.25, 0.3) is 10.3 Å². The molecule has 0 saturated carbocycles. The summed E-state index contributed by atoms with van der Waals surface area (Å²) in [6, 6.07) is 2.02. The molecular weight excluding hydrogens is 212 g/mol. The van der Waals surface area contributed by atoms with Crippen LogP contribution in [0.1, 0.15) is 6.92 Å². The molecule has 82 valence electrons. The van der Waals surface area contributed by atoms with E-state index in [2.05, 4.69) is 21.8 Å². The average Bonchev–Trinajstić information content (AvgIpc) is 2.70. The van der Waals surface area contributed by atoms with Gasteiger partial charge in [0.05, 0.1) is 17.1 Å². The Hall–Kier alpha value is -1.27. The third kappa shape index (κ3) is 1.91. The zero-order valence-electron chi connectivity index (χ0n) is 8.53. The van der Waals surface area contributed by atoms with Crippen LogP contribution in [0.2, 0.25) is 0 Å². The fraction of sp³-hybridized carbons (Fsp3) is 0.444. The molecule has 2 aromatic rings. The summed E-state index contributed by atoms with van der Waals surface area (Å²) in [5, 5.41) is 10.0. The molecule has 0 radical (unpaired) electrons. The number of thiophene rings is 1. The maximum atomic E-state index is 8.92. The summed E-state index contributed by atoms with van der Waals surface area (Å²) in [7, 11) is 0. The smallest absolute Gasteiger partial charge is 0.199 e. The van der Waals surface area contributed by atoms with E-state index >= 15 is 0 Å². The molecule has 5 nitrogen and oxygen atoms in total. The number of hydrogen-bond acceptors (Lipinski definition) is 5. The van der Waals surface area contributed by atoms with Crippen LogP contribution < -0.4 is 10.6 Å². The number of aromatic nitrogens is 2.